The third-order valence-electron chi connectivity index (χ3n) is 6.40. The highest BCUT2D eigenvalue weighted by molar-refractivity contribution is 9.10. The van der Waals surface area contributed by atoms with Crippen LogP contribution in [0, 0.1) is 28.5 Å². The van der Waals surface area contributed by atoms with E-state index in [9.17, 15) is 19.2 Å². The van der Waals surface area contributed by atoms with Gasteiger partial charge in [-0.2, -0.15) is 10.5 Å². The fourth-order valence-electron chi connectivity index (χ4n) is 4.63. The molecule has 2 aromatic carbocycles. The van der Waals surface area contributed by atoms with Gasteiger partial charge >= 0.3 is 0 Å². The summed E-state index contributed by atoms with van der Waals surface area (Å²) in [6, 6.07) is 15.1. The highest BCUT2D eigenvalue weighted by atomic mass is 79.9. The molecular weight excluding hydrogens is 617 g/mol. The summed E-state index contributed by atoms with van der Waals surface area (Å²) in [7, 11) is 0. The first-order valence-electron chi connectivity index (χ1n) is 12.0. The normalized spacial score (nSPS) is 16.9. The first kappa shape index (κ1) is 27.5. The lowest BCUT2D eigenvalue weighted by atomic mass is 9.76. The van der Waals surface area contributed by atoms with Gasteiger partial charge in [0.1, 0.15) is 11.6 Å². The number of carbonyl (C=O) groups is 2. The fraction of sp³-hybridized carbons (Fsp3) is 0.185. The molecule has 40 heavy (non-hydrogen) atoms. The van der Waals surface area contributed by atoms with E-state index in [0.717, 1.165) is 0 Å². The van der Waals surface area contributed by atoms with Crippen molar-refractivity contribution in [1.29, 1.82) is 10.5 Å². The van der Waals surface area contributed by atoms with Crippen molar-refractivity contribution in [2.24, 2.45) is 5.73 Å². The smallest absolute Gasteiger partial charge is 0.234 e. The lowest BCUT2D eigenvalue weighted by Crippen LogP contribution is -2.38. The number of thioether (sulfide) groups is 1. The Labute approximate surface area is 245 Å². The predicted molar refractivity (Wildman–Crippen MR) is 152 cm³/mol. The summed E-state index contributed by atoms with van der Waals surface area (Å²) in [5, 5.41) is 30.6. The van der Waals surface area contributed by atoms with Crippen LogP contribution < -0.4 is 16.0 Å². The zero-order chi connectivity index (χ0) is 28.4. The molecule has 2 heterocycles. The second-order valence-electron chi connectivity index (χ2n) is 8.87. The second-order valence-corrected chi connectivity index (χ2v) is 11.9. The van der Waals surface area contributed by atoms with Gasteiger partial charge in [0, 0.05) is 23.4 Å². The summed E-state index contributed by atoms with van der Waals surface area (Å²) in [4.78, 5) is 27.3. The van der Waals surface area contributed by atoms with Gasteiger partial charge in [-0.3, -0.25) is 14.5 Å². The minimum Gasteiger partial charge on any atom is -0.384 e. The zero-order valence-electron chi connectivity index (χ0n) is 20.6. The number of ketones is 1. The van der Waals surface area contributed by atoms with Gasteiger partial charge in [0.15, 0.2) is 10.1 Å². The lowest BCUT2D eigenvalue weighted by molar-refractivity contribution is -0.116. The van der Waals surface area contributed by atoms with Crippen molar-refractivity contribution in [1.82, 2.24) is 10.2 Å². The molecule has 1 aromatic heterocycles. The molecule has 1 amide bonds. The number of nitriles is 2. The number of aromatic nitrogens is 2. The number of rotatable bonds is 6. The fourth-order valence-corrected chi connectivity index (χ4v) is 6.71. The molecule has 13 heteroatoms. The van der Waals surface area contributed by atoms with Crippen LogP contribution in [0.15, 0.2) is 73.9 Å². The number of carbonyl (C=O) groups excluding carboxylic acids is 2. The molecule has 2 aliphatic rings. The molecule has 0 fully saturated rings. The van der Waals surface area contributed by atoms with Crippen LogP contribution in [0.2, 0.25) is 0 Å². The Morgan fingerprint density at radius 2 is 1.98 bits per heavy atom. The monoisotopic (exact) mass is 635 g/mol. The number of halogens is 2. The average molecular weight is 637 g/mol. The zero-order valence-corrected chi connectivity index (χ0v) is 23.9. The van der Waals surface area contributed by atoms with Crippen LogP contribution in [-0.4, -0.2) is 27.6 Å². The largest absolute Gasteiger partial charge is 0.384 e. The number of nitrogens with zero attached hydrogens (tertiary/aromatic N) is 5. The first-order valence-corrected chi connectivity index (χ1v) is 14.6. The van der Waals surface area contributed by atoms with Gasteiger partial charge in [-0.15, -0.1) is 10.2 Å². The molecule has 9 nitrogen and oxygen atoms in total. The van der Waals surface area contributed by atoms with E-state index in [1.165, 1.54) is 29.2 Å². The topological polar surface area (TPSA) is 149 Å². The van der Waals surface area contributed by atoms with Crippen molar-refractivity contribution in [2.75, 3.05) is 16.0 Å². The Kier molecular flexibility index (Phi) is 7.98. The molecule has 0 spiro atoms. The van der Waals surface area contributed by atoms with Crippen LogP contribution in [0.1, 0.15) is 36.3 Å². The van der Waals surface area contributed by atoms with Gasteiger partial charge < -0.3 is 11.1 Å². The number of nitrogens with one attached hydrogen (secondary N) is 1. The van der Waals surface area contributed by atoms with E-state index in [0.29, 0.717) is 56.8 Å². The van der Waals surface area contributed by atoms with E-state index >= 15 is 0 Å². The summed E-state index contributed by atoms with van der Waals surface area (Å²) < 4.78 is 14.7. The molecule has 5 rings (SSSR count). The standard InChI is InChI=1S/C27H19BrFN7O2S2/c28-18-10-15(6-9-19(18)29)23-17(12-31)25(32)36(20-2-1-3-21(37)24(20)23)26-34-35-27(40-26)39-13-22(38)33-16-7-4-14(11-30)5-8-16/h4-10,23H,1-3,13,32H2,(H,33,38). The molecule has 1 aliphatic carbocycles. The summed E-state index contributed by atoms with van der Waals surface area (Å²) in [5.74, 6) is -1.34. The Bertz CT molecular complexity index is 1670. The van der Waals surface area contributed by atoms with Gasteiger partial charge in [-0.25, -0.2) is 4.39 Å². The Balaban J connectivity index is 1.41. The Hall–Kier alpha value is -4.04. The maximum absolute atomic E-state index is 14.0. The molecule has 0 radical (unpaired) electrons. The molecular formula is C27H19BrFN7O2S2. The van der Waals surface area contributed by atoms with E-state index in [1.807, 2.05) is 6.07 Å². The van der Waals surface area contributed by atoms with Gasteiger partial charge in [-0.05, 0) is 70.7 Å². The van der Waals surface area contributed by atoms with Crippen molar-refractivity contribution >= 4 is 61.5 Å². The average Bonchev–Trinajstić information content (AvgIpc) is 3.42. The minimum absolute atomic E-state index is 0.0668. The SMILES string of the molecule is N#CC1=C(N)N(c2nnc(SCC(=O)Nc3ccc(C#N)cc3)s2)C2=C(C(=O)CCC2)C1c1ccc(F)c(Br)c1. The quantitative estimate of drug-likeness (QED) is 0.342. The number of hydrogen-bond donors (Lipinski definition) is 2. The third-order valence-corrected chi connectivity index (χ3v) is 9.05. The van der Waals surface area contributed by atoms with Crippen molar-refractivity contribution in [3.05, 3.63) is 86.5 Å². The maximum Gasteiger partial charge on any atom is 0.234 e. The number of anilines is 2. The van der Waals surface area contributed by atoms with Crippen molar-refractivity contribution in [2.45, 2.75) is 29.5 Å². The van der Waals surface area contributed by atoms with Gasteiger partial charge in [0.2, 0.25) is 11.0 Å². The predicted octanol–water partition coefficient (Wildman–Crippen LogP) is 5.35. The second kappa shape index (κ2) is 11.6. The number of hydrogen-bond acceptors (Lipinski definition) is 10. The number of allylic oxidation sites excluding steroid dienone is 3. The Morgan fingerprint density at radius 3 is 2.67 bits per heavy atom. The number of benzene rings is 2. The number of amides is 1. The van der Waals surface area contributed by atoms with E-state index in [1.54, 1.807) is 41.3 Å². The summed E-state index contributed by atoms with van der Waals surface area (Å²) in [6.07, 6.45) is 1.48. The highest BCUT2D eigenvalue weighted by Crippen LogP contribution is 2.47. The molecule has 0 saturated heterocycles. The molecule has 200 valence electrons. The van der Waals surface area contributed by atoms with Crippen LogP contribution in [0.5, 0.6) is 0 Å². The molecule has 3 aromatic rings. The van der Waals surface area contributed by atoms with E-state index in [-0.39, 0.29) is 33.3 Å². The summed E-state index contributed by atoms with van der Waals surface area (Å²) >= 11 is 5.58. The molecule has 1 aliphatic heterocycles. The van der Waals surface area contributed by atoms with Crippen LogP contribution in [0.25, 0.3) is 0 Å². The highest BCUT2D eigenvalue weighted by Gasteiger charge is 2.41. The summed E-state index contributed by atoms with van der Waals surface area (Å²) in [5.41, 5.74) is 9.45. The van der Waals surface area contributed by atoms with Crippen LogP contribution >= 0.6 is 39.0 Å². The van der Waals surface area contributed by atoms with Crippen LogP contribution in [0.3, 0.4) is 0 Å². The van der Waals surface area contributed by atoms with E-state index in [2.05, 4.69) is 37.5 Å². The van der Waals surface area contributed by atoms with Gasteiger partial charge in [0.05, 0.1) is 39.4 Å². The first-order chi connectivity index (χ1) is 19.3. The molecule has 1 atom stereocenters. The van der Waals surface area contributed by atoms with Crippen molar-refractivity contribution in [3.63, 3.8) is 0 Å². The van der Waals surface area contributed by atoms with Crippen LogP contribution in [-0.2, 0) is 9.59 Å². The van der Waals surface area contributed by atoms with E-state index < -0.39 is 11.7 Å². The van der Waals surface area contributed by atoms with Crippen molar-refractivity contribution in [3.8, 4) is 12.1 Å². The number of nitrogens with two attached hydrogens (primary N) is 1. The van der Waals surface area contributed by atoms with E-state index in [4.69, 9.17) is 11.0 Å². The van der Waals surface area contributed by atoms with Crippen molar-refractivity contribution < 1.29 is 14.0 Å². The molecule has 1 unspecified atom stereocenters. The molecule has 0 bridgehead atoms. The Morgan fingerprint density at radius 1 is 1.20 bits per heavy atom. The molecule has 0 saturated carbocycles. The molecule has 3 N–H and O–H groups in total. The van der Waals surface area contributed by atoms with Crippen LogP contribution in [0.4, 0.5) is 15.2 Å². The number of Topliss-reactive ketones (excluding diaryl/α,β-unsaturated/α-hetero) is 1. The third kappa shape index (κ3) is 5.36. The van der Waals surface area contributed by atoms with Gasteiger partial charge in [0.25, 0.3) is 0 Å². The maximum atomic E-state index is 14.0. The lowest BCUT2D eigenvalue weighted by Gasteiger charge is -2.38. The minimum atomic E-state index is -0.728. The van der Waals surface area contributed by atoms with Gasteiger partial charge in [-0.1, -0.05) is 29.2 Å². The summed E-state index contributed by atoms with van der Waals surface area (Å²) in [6.45, 7) is 0.